The lowest BCUT2D eigenvalue weighted by atomic mass is 10.1. The number of oxazole rings is 1. The van der Waals surface area contributed by atoms with Crippen LogP contribution in [0.1, 0.15) is 12.1 Å². The Hall–Kier alpha value is -2.32. The van der Waals surface area contributed by atoms with Crippen LogP contribution in [0.3, 0.4) is 0 Å². The maximum atomic E-state index is 11.5. The molecular formula is C20H19Cl2N5O2. The maximum absolute atomic E-state index is 11.5. The number of H-pyrrole nitrogens is 1. The fourth-order valence-corrected chi connectivity index (χ4v) is 4.38. The molecule has 0 amide bonds. The van der Waals surface area contributed by atoms with Crippen molar-refractivity contribution in [3.05, 3.63) is 56.8 Å². The predicted octanol–water partition coefficient (Wildman–Crippen LogP) is 3.54. The molecule has 4 aromatic rings. The summed E-state index contributed by atoms with van der Waals surface area (Å²) in [4.78, 5) is 21.4. The van der Waals surface area contributed by atoms with Gasteiger partial charge in [-0.1, -0.05) is 29.3 Å². The number of aromatic nitrogens is 3. The lowest BCUT2D eigenvalue weighted by molar-refractivity contribution is 0.281. The van der Waals surface area contributed by atoms with Crippen LogP contribution >= 0.6 is 23.2 Å². The summed E-state index contributed by atoms with van der Waals surface area (Å²) < 4.78 is 7.21. The van der Waals surface area contributed by atoms with E-state index in [0.717, 1.165) is 49.6 Å². The number of hydrogen-bond donors (Lipinski definition) is 2. The van der Waals surface area contributed by atoms with Crippen molar-refractivity contribution in [1.29, 1.82) is 0 Å². The van der Waals surface area contributed by atoms with E-state index in [2.05, 4.69) is 15.2 Å². The third-order valence-electron chi connectivity index (χ3n) is 5.24. The van der Waals surface area contributed by atoms with E-state index in [9.17, 15) is 4.79 Å². The highest BCUT2D eigenvalue weighted by Crippen LogP contribution is 2.32. The zero-order valence-corrected chi connectivity index (χ0v) is 17.1. The molecule has 150 valence electrons. The normalized spacial score (nSPS) is 15.9. The van der Waals surface area contributed by atoms with Gasteiger partial charge < -0.3 is 9.73 Å². The third-order valence-corrected chi connectivity index (χ3v) is 5.73. The first-order chi connectivity index (χ1) is 14.1. The summed E-state index contributed by atoms with van der Waals surface area (Å²) in [5.41, 5.74) is 4.48. The Balaban J connectivity index is 1.67. The maximum Gasteiger partial charge on any atom is 0.417 e. The topological polar surface area (TPSA) is 78.6 Å². The number of rotatable bonds is 3. The molecule has 5 rings (SSSR count). The van der Waals surface area contributed by atoms with Gasteiger partial charge in [0.15, 0.2) is 11.2 Å². The van der Waals surface area contributed by atoms with Crippen LogP contribution in [0.2, 0.25) is 10.0 Å². The number of fused-ring (bicyclic) bond motifs is 2. The lowest BCUT2D eigenvalue weighted by Gasteiger charge is -2.20. The molecule has 1 fully saturated rings. The number of nitrogens with zero attached hydrogens (tertiary/aromatic N) is 3. The van der Waals surface area contributed by atoms with Gasteiger partial charge in [0.05, 0.1) is 26.9 Å². The van der Waals surface area contributed by atoms with Crippen LogP contribution < -0.4 is 11.1 Å². The van der Waals surface area contributed by atoms with E-state index in [4.69, 9.17) is 32.6 Å². The predicted molar refractivity (Wildman–Crippen MR) is 114 cm³/mol. The van der Waals surface area contributed by atoms with Gasteiger partial charge in [-0.25, -0.2) is 9.78 Å². The molecule has 0 atom stereocenters. The first-order valence-corrected chi connectivity index (χ1v) is 10.3. The van der Waals surface area contributed by atoms with Gasteiger partial charge in [-0.05, 0) is 37.7 Å². The monoisotopic (exact) mass is 431 g/mol. The van der Waals surface area contributed by atoms with E-state index in [1.165, 1.54) is 0 Å². The van der Waals surface area contributed by atoms with Crippen LogP contribution in [-0.2, 0) is 6.54 Å². The standard InChI is InChI=1S/C20H19Cl2N5O2/c21-13-9-14(22)19-25-18(12-2-3-15-17(8-12)29-20(28)24-15)16(27(19)10-13)11-26-6-1-4-23-5-7-26/h2-3,8-10,23H,1,4-7,11H2,(H,24,28). The van der Waals surface area contributed by atoms with Gasteiger partial charge in [0.1, 0.15) is 0 Å². The van der Waals surface area contributed by atoms with Gasteiger partial charge in [0, 0.05) is 31.4 Å². The van der Waals surface area contributed by atoms with Crippen LogP contribution in [0.4, 0.5) is 0 Å². The van der Waals surface area contributed by atoms with Crippen LogP contribution in [-0.4, -0.2) is 45.4 Å². The first kappa shape index (κ1) is 18.7. The molecule has 0 unspecified atom stereocenters. The van der Waals surface area contributed by atoms with E-state index in [0.29, 0.717) is 33.3 Å². The Bertz CT molecular complexity index is 1250. The molecule has 0 spiro atoms. The van der Waals surface area contributed by atoms with Crippen LogP contribution in [0.5, 0.6) is 0 Å². The summed E-state index contributed by atoms with van der Waals surface area (Å²) in [6.45, 7) is 4.64. The van der Waals surface area contributed by atoms with Crippen molar-refractivity contribution < 1.29 is 4.42 Å². The average Bonchev–Trinajstić information content (AvgIpc) is 3.11. The Morgan fingerprint density at radius 2 is 2.07 bits per heavy atom. The number of halogens is 2. The summed E-state index contributed by atoms with van der Waals surface area (Å²) in [6, 6.07) is 7.29. The van der Waals surface area contributed by atoms with Crippen molar-refractivity contribution in [1.82, 2.24) is 24.6 Å². The fourth-order valence-electron chi connectivity index (χ4n) is 3.87. The van der Waals surface area contributed by atoms with E-state index in [1.807, 2.05) is 28.8 Å². The second-order valence-corrected chi connectivity index (χ2v) is 8.06. The Kier molecular flexibility index (Phi) is 4.83. The van der Waals surface area contributed by atoms with Crippen molar-refractivity contribution in [3.63, 3.8) is 0 Å². The molecule has 1 saturated heterocycles. The summed E-state index contributed by atoms with van der Waals surface area (Å²) in [5.74, 6) is -0.473. The minimum absolute atomic E-state index is 0.473. The van der Waals surface area contributed by atoms with Crippen LogP contribution in [0.25, 0.3) is 28.0 Å². The van der Waals surface area contributed by atoms with Gasteiger partial charge in [-0.3, -0.25) is 14.3 Å². The van der Waals surface area contributed by atoms with Gasteiger partial charge in [0.25, 0.3) is 0 Å². The highest BCUT2D eigenvalue weighted by Gasteiger charge is 2.20. The number of benzene rings is 1. The van der Waals surface area contributed by atoms with E-state index in [-0.39, 0.29) is 0 Å². The Morgan fingerprint density at radius 3 is 2.97 bits per heavy atom. The molecule has 1 aliphatic heterocycles. The minimum Gasteiger partial charge on any atom is -0.408 e. The molecule has 9 heteroatoms. The number of pyridine rings is 1. The molecule has 1 aliphatic rings. The second-order valence-electron chi connectivity index (χ2n) is 7.21. The third kappa shape index (κ3) is 3.55. The molecule has 2 N–H and O–H groups in total. The molecule has 0 bridgehead atoms. The van der Waals surface area contributed by atoms with E-state index >= 15 is 0 Å². The minimum atomic E-state index is -0.473. The van der Waals surface area contributed by atoms with Crippen molar-refractivity contribution in [2.24, 2.45) is 0 Å². The smallest absolute Gasteiger partial charge is 0.408 e. The molecule has 0 saturated carbocycles. The lowest BCUT2D eigenvalue weighted by Crippen LogP contribution is -2.28. The summed E-state index contributed by atoms with van der Waals surface area (Å²) >= 11 is 12.7. The molecule has 0 aliphatic carbocycles. The van der Waals surface area contributed by atoms with Crippen LogP contribution in [0, 0.1) is 0 Å². The van der Waals surface area contributed by atoms with Gasteiger partial charge in [-0.15, -0.1) is 0 Å². The van der Waals surface area contributed by atoms with E-state index < -0.39 is 5.76 Å². The zero-order chi connectivity index (χ0) is 20.0. The number of nitrogens with one attached hydrogen (secondary N) is 2. The van der Waals surface area contributed by atoms with Crippen molar-refractivity contribution in [2.75, 3.05) is 26.2 Å². The van der Waals surface area contributed by atoms with Crippen molar-refractivity contribution in [2.45, 2.75) is 13.0 Å². The molecule has 29 heavy (non-hydrogen) atoms. The summed E-state index contributed by atoms with van der Waals surface area (Å²) in [7, 11) is 0. The summed E-state index contributed by atoms with van der Waals surface area (Å²) in [6.07, 6.45) is 2.94. The molecule has 7 nitrogen and oxygen atoms in total. The molecule has 3 aromatic heterocycles. The first-order valence-electron chi connectivity index (χ1n) is 9.51. The SMILES string of the molecule is O=c1[nH]c2ccc(-c3nc4c(Cl)cc(Cl)cn4c3CN3CCCNCC3)cc2o1. The zero-order valence-electron chi connectivity index (χ0n) is 15.5. The fraction of sp³-hybridized carbons (Fsp3) is 0.300. The Labute approximate surface area is 176 Å². The highest BCUT2D eigenvalue weighted by atomic mass is 35.5. The summed E-state index contributed by atoms with van der Waals surface area (Å²) in [5, 5.41) is 4.48. The number of imidazole rings is 1. The van der Waals surface area contributed by atoms with Crippen molar-refractivity contribution in [3.8, 4) is 11.3 Å². The number of aromatic amines is 1. The van der Waals surface area contributed by atoms with Gasteiger partial charge in [-0.2, -0.15) is 0 Å². The second kappa shape index (κ2) is 7.50. The van der Waals surface area contributed by atoms with Gasteiger partial charge >= 0.3 is 5.76 Å². The molecule has 1 aromatic carbocycles. The largest absolute Gasteiger partial charge is 0.417 e. The number of hydrogen-bond acceptors (Lipinski definition) is 5. The van der Waals surface area contributed by atoms with Crippen LogP contribution in [0.15, 0.2) is 39.7 Å². The molecule has 0 radical (unpaired) electrons. The van der Waals surface area contributed by atoms with E-state index in [1.54, 1.807) is 6.07 Å². The van der Waals surface area contributed by atoms with Crippen molar-refractivity contribution >= 4 is 39.9 Å². The van der Waals surface area contributed by atoms with Gasteiger partial charge in [0.2, 0.25) is 0 Å². The highest BCUT2D eigenvalue weighted by molar-refractivity contribution is 6.36. The molecular weight excluding hydrogens is 413 g/mol. The quantitative estimate of drug-likeness (QED) is 0.518. The average molecular weight is 432 g/mol. The Morgan fingerprint density at radius 1 is 1.17 bits per heavy atom. The molecule has 4 heterocycles.